The van der Waals surface area contributed by atoms with E-state index >= 15 is 0 Å². The van der Waals surface area contributed by atoms with Gasteiger partial charge in [0.05, 0.1) is 19.8 Å². The Kier molecular flexibility index (Phi) is 4.02. The first kappa shape index (κ1) is 14.2. The maximum absolute atomic E-state index is 9.57. The highest BCUT2D eigenvalue weighted by molar-refractivity contribution is 5.51. The van der Waals surface area contributed by atoms with Crippen LogP contribution < -0.4 is 9.64 Å². The molecule has 1 unspecified atom stereocenters. The molecule has 0 aliphatic carbocycles. The van der Waals surface area contributed by atoms with Gasteiger partial charge in [-0.15, -0.1) is 0 Å². The standard InChI is InChI=1S/C15H24N2O2/c1-15(2)11-17(9-13(10-18)16(15)3)12-6-5-7-14(8-12)19-4/h5-8,13,18H,9-11H2,1-4H3. The number of methoxy groups -OCH3 is 1. The van der Waals surface area contributed by atoms with Gasteiger partial charge in [0.15, 0.2) is 0 Å². The Hall–Kier alpha value is -1.26. The molecule has 19 heavy (non-hydrogen) atoms. The van der Waals surface area contributed by atoms with E-state index in [0.29, 0.717) is 0 Å². The van der Waals surface area contributed by atoms with Crippen LogP contribution in [-0.4, -0.2) is 55.4 Å². The molecule has 4 heteroatoms. The fourth-order valence-electron chi connectivity index (χ4n) is 2.70. The first-order valence-electron chi connectivity index (χ1n) is 6.71. The van der Waals surface area contributed by atoms with Gasteiger partial charge in [0.2, 0.25) is 0 Å². The molecule has 1 fully saturated rings. The summed E-state index contributed by atoms with van der Waals surface area (Å²) in [5.41, 5.74) is 1.19. The molecule has 1 saturated heterocycles. The molecule has 1 aliphatic rings. The smallest absolute Gasteiger partial charge is 0.120 e. The summed E-state index contributed by atoms with van der Waals surface area (Å²) in [6, 6.07) is 8.27. The van der Waals surface area contributed by atoms with Crippen molar-refractivity contribution in [1.82, 2.24) is 4.90 Å². The number of nitrogens with zero attached hydrogens (tertiary/aromatic N) is 2. The van der Waals surface area contributed by atoms with E-state index in [0.717, 1.165) is 24.5 Å². The van der Waals surface area contributed by atoms with Crippen molar-refractivity contribution in [1.29, 1.82) is 0 Å². The van der Waals surface area contributed by atoms with Gasteiger partial charge in [-0.3, -0.25) is 4.90 Å². The number of piperazine rings is 1. The summed E-state index contributed by atoms with van der Waals surface area (Å²) in [6.45, 7) is 6.38. The van der Waals surface area contributed by atoms with Gasteiger partial charge in [0.1, 0.15) is 5.75 Å². The predicted molar refractivity (Wildman–Crippen MR) is 77.9 cm³/mol. The van der Waals surface area contributed by atoms with Gasteiger partial charge < -0.3 is 14.7 Å². The molecule has 0 bridgehead atoms. The Labute approximate surface area is 115 Å². The maximum atomic E-state index is 9.57. The van der Waals surface area contributed by atoms with Crippen molar-refractivity contribution in [2.45, 2.75) is 25.4 Å². The number of likely N-dealkylation sites (N-methyl/N-ethyl adjacent to an activating group) is 1. The second kappa shape index (κ2) is 5.39. The number of rotatable bonds is 3. The third kappa shape index (κ3) is 2.85. The summed E-state index contributed by atoms with van der Waals surface area (Å²) >= 11 is 0. The first-order chi connectivity index (χ1) is 8.97. The minimum absolute atomic E-state index is 0.0364. The summed E-state index contributed by atoms with van der Waals surface area (Å²) in [5, 5.41) is 9.57. The van der Waals surface area contributed by atoms with Crippen molar-refractivity contribution in [2.75, 3.05) is 38.8 Å². The molecule has 0 aromatic heterocycles. The van der Waals surface area contributed by atoms with Crippen LogP contribution in [0, 0.1) is 0 Å². The molecule has 1 aliphatic heterocycles. The number of anilines is 1. The van der Waals surface area contributed by atoms with Crippen molar-refractivity contribution >= 4 is 5.69 Å². The second-order valence-electron chi connectivity index (χ2n) is 5.84. The Morgan fingerprint density at radius 2 is 2.16 bits per heavy atom. The third-order valence-electron chi connectivity index (χ3n) is 4.14. The number of benzene rings is 1. The van der Waals surface area contributed by atoms with Crippen molar-refractivity contribution in [2.24, 2.45) is 0 Å². The largest absolute Gasteiger partial charge is 0.497 e. The Morgan fingerprint density at radius 1 is 1.42 bits per heavy atom. The number of hydrogen-bond acceptors (Lipinski definition) is 4. The molecule has 0 amide bonds. The fourth-order valence-corrected chi connectivity index (χ4v) is 2.70. The number of aliphatic hydroxyl groups is 1. The molecule has 4 nitrogen and oxygen atoms in total. The highest BCUT2D eigenvalue weighted by Gasteiger charge is 2.37. The molecule has 2 rings (SSSR count). The van der Waals surface area contributed by atoms with Crippen LogP contribution in [0.25, 0.3) is 0 Å². The van der Waals surface area contributed by atoms with Gasteiger partial charge in [0, 0.05) is 30.4 Å². The molecule has 1 aromatic carbocycles. The van der Waals surface area contributed by atoms with E-state index in [1.807, 2.05) is 12.1 Å². The van der Waals surface area contributed by atoms with Crippen molar-refractivity contribution < 1.29 is 9.84 Å². The molecule has 1 N–H and O–H groups in total. The van der Waals surface area contributed by atoms with Gasteiger partial charge in [-0.25, -0.2) is 0 Å². The van der Waals surface area contributed by atoms with Gasteiger partial charge >= 0.3 is 0 Å². The van der Waals surface area contributed by atoms with Crippen LogP contribution in [0.5, 0.6) is 5.75 Å². The van der Waals surface area contributed by atoms with E-state index in [2.05, 4.69) is 42.8 Å². The lowest BCUT2D eigenvalue weighted by Crippen LogP contribution is -2.63. The lowest BCUT2D eigenvalue weighted by Gasteiger charge is -2.50. The summed E-state index contributed by atoms with van der Waals surface area (Å²) in [6.07, 6.45) is 0. The summed E-state index contributed by atoms with van der Waals surface area (Å²) in [4.78, 5) is 4.59. The molecule has 0 radical (unpaired) electrons. The molecule has 1 atom stereocenters. The molecular weight excluding hydrogens is 240 g/mol. The lowest BCUT2D eigenvalue weighted by atomic mass is 9.95. The zero-order chi connectivity index (χ0) is 14.0. The van der Waals surface area contributed by atoms with E-state index in [-0.39, 0.29) is 18.2 Å². The molecule has 1 aromatic rings. The third-order valence-corrected chi connectivity index (χ3v) is 4.14. The molecule has 106 valence electrons. The molecular formula is C15H24N2O2. The molecule has 0 spiro atoms. The van der Waals surface area contributed by atoms with E-state index < -0.39 is 0 Å². The van der Waals surface area contributed by atoms with Crippen molar-refractivity contribution in [3.63, 3.8) is 0 Å². The number of ether oxygens (including phenoxy) is 1. The highest BCUT2D eigenvalue weighted by Crippen LogP contribution is 2.29. The minimum atomic E-state index is 0.0364. The van der Waals surface area contributed by atoms with Crippen LogP contribution in [0.2, 0.25) is 0 Å². The van der Waals surface area contributed by atoms with Crippen LogP contribution >= 0.6 is 0 Å². The normalized spacial score (nSPS) is 23.4. The topological polar surface area (TPSA) is 35.9 Å². The van der Waals surface area contributed by atoms with Gasteiger partial charge in [-0.05, 0) is 33.0 Å². The zero-order valence-corrected chi connectivity index (χ0v) is 12.3. The lowest BCUT2D eigenvalue weighted by molar-refractivity contribution is 0.0455. The van der Waals surface area contributed by atoms with Crippen LogP contribution in [0.1, 0.15) is 13.8 Å². The minimum Gasteiger partial charge on any atom is -0.497 e. The van der Waals surface area contributed by atoms with Gasteiger partial charge in [-0.1, -0.05) is 6.07 Å². The Balaban J connectivity index is 2.24. The first-order valence-corrected chi connectivity index (χ1v) is 6.71. The molecule has 0 saturated carbocycles. The SMILES string of the molecule is COc1cccc(N2CC(CO)N(C)C(C)(C)C2)c1. The van der Waals surface area contributed by atoms with Crippen LogP contribution in [0.15, 0.2) is 24.3 Å². The Bertz CT molecular complexity index is 434. The average molecular weight is 264 g/mol. The van der Waals surface area contributed by atoms with E-state index in [1.165, 1.54) is 0 Å². The maximum Gasteiger partial charge on any atom is 0.120 e. The van der Waals surface area contributed by atoms with Crippen LogP contribution in [-0.2, 0) is 0 Å². The monoisotopic (exact) mass is 264 g/mol. The quantitative estimate of drug-likeness (QED) is 0.899. The average Bonchev–Trinajstić information content (AvgIpc) is 2.41. The second-order valence-corrected chi connectivity index (χ2v) is 5.84. The van der Waals surface area contributed by atoms with Crippen molar-refractivity contribution in [3.05, 3.63) is 24.3 Å². The summed E-state index contributed by atoms with van der Waals surface area (Å²) < 4.78 is 5.29. The van der Waals surface area contributed by atoms with E-state index in [1.54, 1.807) is 7.11 Å². The van der Waals surface area contributed by atoms with Crippen molar-refractivity contribution in [3.8, 4) is 5.75 Å². The number of hydrogen-bond donors (Lipinski definition) is 1. The predicted octanol–water partition coefficient (Wildman–Crippen LogP) is 1.59. The summed E-state index contributed by atoms with van der Waals surface area (Å²) in [7, 11) is 3.77. The zero-order valence-electron chi connectivity index (χ0n) is 12.3. The van der Waals surface area contributed by atoms with Crippen LogP contribution in [0.4, 0.5) is 5.69 Å². The van der Waals surface area contributed by atoms with E-state index in [9.17, 15) is 5.11 Å². The van der Waals surface area contributed by atoms with Gasteiger partial charge in [-0.2, -0.15) is 0 Å². The van der Waals surface area contributed by atoms with Crippen LogP contribution in [0.3, 0.4) is 0 Å². The molecule has 1 heterocycles. The Morgan fingerprint density at radius 3 is 2.79 bits per heavy atom. The van der Waals surface area contributed by atoms with Gasteiger partial charge in [0.25, 0.3) is 0 Å². The number of aliphatic hydroxyl groups excluding tert-OH is 1. The fraction of sp³-hybridized carbons (Fsp3) is 0.600. The highest BCUT2D eigenvalue weighted by atomic mass is 16.5. The van der Waals surface area contributed by atoms with E-state index in [4.69, 9.17) is 4.74 Å². The summed E-state index contributed by atoms with van der Waals surface area (Å²) in [5.74, 6) is 0.870.